The topological polar surface area (TPSA) is 133 Å². The number of nitrogens with zero attached hydrogens (tertiary/aromatic N) is 6. The van der Waals surface area contributed by atoms with Crippen molar-refractivity contribution in [2.24, 2.45) is 0 Å². The average Bonchev–Trinajstić information content (AvgIpc) is 3.33. The number of morpholine rings is 1. The van der Waals surface area contributed by atoms with Crippen LogP contribution in [0.15, 0.2) is 28.7 Å². The van der Waals surface area contributed by atoms with Gasteiger partial charge in [-0.2, -0.15) is 17.5 Å². The first kappa shape index (κ1) is 30.3. The van der Waals surface area contributed by atoms with Gasteiger partial charge >= 0.3 is 12.2 Å². The van der Waals surface area contributed by atoms with Crippen LogP contribution in [0.25, 0.3) is 10.9 Å². The fraction of sp³-hybridized carbons (Fsp3) is 0.520. The molecular formula is C25H31F3N8O4S2. The first-order chi connectivity index (χ1) is 19.9. The van der Waals surface area contributed by atoms with Crippen molar-refractivity contribution < 1.29 is 31.1 Å². The normalized spacial score (nSPS) is 18.3. The monoisotopic (exact) mass is 628 g/mol. The van der Waals surface area contributed by atoms with Crippen LogP contribution < -0.4 is 10.6 Å². The number of fused-ring (bicyclic) bond motifs is 1. The number of para-hydroxylation sites is 1. The van der Waals surface area contributed by atoms with E-state index in [0.717, 1.165) is 23.7 Å². The number of piperazine rings is 1. The molecule has 2 fully saturated rings. The van der Waals surface area contributed by atoms with E-state index >= 15 is 0 Å². The lowest BCUT2D eigenvalue weighted by Gasteiger charge is -2.35. The van der Waals surface area contributed by atoms with Gasteiger partial charge in [-0.1, -0.05) is 17.4 Å². The SMILES string of the molecule is Cc1nc(NC(=O)N2CCOCC2)sc1S(=O)(=O)N1CCN(C[C@H](C)Nc2ncnc3c(C(F)(F)F)cccc23)CC1. The molecule has 3 aromatic rings. The lowest BCUT2D eigenvalue weighted by atomic mass is 10.1. The summed E-state index contributed by atoms with van der Waals surface area (Å²) in [6.45, 7) is 7.26. The zero-order valence-electron chi connectivity index (χ0n) is 23.0. The summed E-state index contributed by atoms with van der Waals surface area (Å²) in [7, 11) is -3.82. The van der Waals surface area contributed by atoms with Crippen molar-refractivity contribution >= 4 is 49.2 Å². The molecule has 2 aliphatic rings. The Labute approximate surface area is 244 Å². The maximum absolute atomic E-state index is 13.4. The van der Waals surface area contributed by atoms with Gasteiger partial charge in [0.25, 0.3) is 10.0 Å². The van der Waals surface area contributed by atoms with E-state index < -0.39 is 21.8 Å². The maximum Gasteiger partial charge on any atom is 0.418 e. The molecule has 0 spiro atoms. The smallest absolute Gasteiger partial charge is 0.378 e. The van der Waals surface area contributed by atoms with Crippen LogP contribution in [0.3, 0.4) is 0 Å². The first-order valence-electron chi connectivity index (χ1n) is 13.3. The van der Waals surface area contributed by atoms with Crippen molar-refractivity contribution in [3.05, 3.63) is 35.8 Å². The first-order valence-corrected chi connectivity index (χ1v) is 15.6. The zero-order chi connectivity index (χ0) is 30.1. The second-order valence-corrected chi connectivity index (χ2v) is 13.2. The van der Waals surface area contributed by atoms with E-state index in [1.807, 2.05) is 6.92 Å². The quantitative estimate of drug-likeness (QED) is 0.405. The number of urea groups is 1. The van der Waals surface area contributed by atoms with Gasteiger partial charge in [-0.3, -0.25) is 10.2 Å². The van der Waals surface area contributed by atoms with E-state index in [1.54, 1.807) is 17.9 Å². The molecule has 2 saturated heterocycles. The Morgan fingerprint density at radius 3 is 2.52 bits per heavy atom. The molecule has 5 rings (SSSR count). The minimum Gasteiger partial charge on any atom is -0.378 e. The molecule has 2 amide bonds. The highest BCUT2D eigenvalue weighted by atomic mass is 32.2. The number of hydrogen-bond acceptors (Lipinski definition) is 10. The van der Waals surface area contributed by atoms with Crippen molar-refractivity contribution in [1.29, 1.82) is 0 Å². The number of carbonyl (C=O) groups is 1. The number of benzene rings is 1. The Kier molecular flexibility index (Phi) is 8.84. The molecule has 12 nitrogen and oxygen atoms in total. The second-order valence-electron chi connectivity index (χ2n) is 10.1. The van der Waals surface area contributed by atoms with Gasteiger partial charge in [-0.15, -0.1) is 0 Å². The van der Waals surface area contributed by atoms with Crippen LogP contribution >= 0.6 is 11.3 Å². The minimum atomic E-state index is -4.53. The van der Waals surface area contributed by atoms with Crippen LogP contribution in [0.5, 0.6) is 0 Å². The van der Waals surface area contributed by atoms with E-state index in [9.17, 15) is 26.4 Å². The van der Waals surface area contributed by atoms with Crippen molar-refractivity contribution in [2.75, 3.05) is 69.7 Å². The fourth-order valence-corrected chi connectivity index (χ4v) is 7.94. The highest BCUT2D eigenvalue weighted by Gasteiger charge is 2.34. The van der Waals surface area contributed by atoms with Gasteiger partial charge < -0.3 is 15.0 Å². The number of hydrogen-bond donors (Lipinski definition) is 2. The Balaban J connectivity index is 1.18. The Bertz CT molecular complexity index is 1540. The Hall–Kier alpha value is -3.12. The van der Waals surface area contributed by atoms with Crippen molar-refractivity contribution in [1.82, 2.24) is 29.1 Å². The molecule has 2 N–H and O–H groups in total. The van der Waals surface area contributed by atoms with Gasteiger partial charge in [0.2, 0.25) is 0 Å². The third kappa shape index (κ3) is 6.59. The summed E-state index contributed by atoms with van der Waals surface area (Å²) in [4.78, 5) is 28.5. The van der Waals surface area contributed by atoms with Gasteiger partial charge in [0.05, 0.1) is 30.0 Å². The van der Waals surface area contributed by atoms with Gasteiger partial charge in [0.1, 0.15) is 12.1 Å². The second kappa shape index (κ2) is 12.2. The molecule has 42 heavy (non-hydrogen) atoms. The van der Waals surface area contributed by atoms with E-state index in [2.05, 4.69) is 30.5 Å². The fourth-order valence-electron chi connectivity index (χ4n) is 4.98. The molecule has 17 heteroatoms. The lowest BCUT2D eigenvalue weighted by molar-refractivity contribution is -0.136. The van der Waals surface area contributed by atoms with Crippen LogP contribution in [0, 0.1) is 6.92 Å². The number of nitrogens with one attached hydrogen (secondary N) is 2. The van der Waals surface area contributed by atoms with Crippen LogP contribution in [0.4, 0.5) is 28.9 Å². The van der Waals surface area contributed by atoms with Crippen molar-refractivity contribution in [3.8, 4) is 0 Å². The van der Waals surface area contributed by atoms with Crippen LogP contribution in [-0.4, -0.2) is 109 Å². The summed E-state index contributed by atoms with van der Waals surface area (Å²) >= 11 is 0.932. The summed E-state index contributed by atoms with van der Waals surface area (Å²) in [5.41, 5.74) is -0.669. The van der Waals surface area contributed by atoms with E-state index in [0.29, 0.717) is 57.4 Å². The number of carbonyl (C=O) groups excluding carboxylic acids is 1. The summed E-state index contributed by atoms with van der Waals surface area (Å²) in [6.07, 6.45) is -3.43. The summed E-state index contributed by atoms with van der Waals surface area (Å²) in [5, 5.41) is 6.37. The predicted octanol–water partition coefficient (Wildman–Crippen LogP) is 3.08. The molecule has 0 bridgehead atoms. The van der Waals surface area contributed by atoms with Gasteiger partial charge in [0, 0.05) is 57.2 Å². The van der Waals surface area contributed by atoms with Gasteiger partial charge in [-0.05, 0) is 26.0 Å². The van der Waals surface area contributed by atoms with E-state index in [-0.39, 0.29) is 45.4 Å². The van der Waals surface area contributed by atoms with Gasteiger partial charge in [0.15, 0.2) is 9.34 Å². The molecule has 2 aliphatic heterocycles. The molecule has 0 saturated carbocycles. The number of ether oxygens (including phenoxy) is 1. The summed E-state index contributed by atoms with van der Waals surface area (Å²) in [5.74, 6) is 0.303. The van der Waals surface area contributed by atoms with Crippen LogP contribution in [0.2, 0.25) is 0 Å². The average molecular weight is 629 g/mol. The lowest BCUT2D eigenvalue weighted by Crippen LogP contribution is -2.50. The number of sulfonamides is 1. The highest BCUT2D eigenvalue weighted by molar-refractivity contribution is 7.91. The predicted molar refractivity (Wildman–Crippen MR) is 151 cm³/mol. The van der Waals surface area contributed by atoms with Gasteiger partial charge in [-0.25, -0.2) is 28.2 Å². The van der Waals surface area contributed by atoms with E-state index in [1.165, 1.54) is 10.4 Å². The number of halogens is 3. The Morgan fingerprint density at radius 2 is 1.83 bits per heavy atom. The molecule has 1 aromatic carbocycles. The summed E-state index contributed by atoms with van der Waals surface area (Å²) in [6, 6.07) is 3.33. The zero-order valence-corrected chi connectivity index (χ0v) is 24.7. The number of alkyl halides is 3. The molecule has 4 heterocycles. The third-order valence-corrected chi connectivity index (χ3v) is 10.6. The maximum atomic E-state index is 13.4. The number of rotatable bonds is 7. The summed E-state index contributed by atoms with van der Waals surface area (Å²) < 4.78 is 73.9. The number of amides is 2. The molecular weight excluding hydrogens is 597 g/mol. The van der Waals surface area contributed by atoms with Crippen molar-refractivity contribution in [2.45, 2.75) is 30.3 Å². The molecule has 2 aromatic heterocycles. The standard InChI is InChI=1S/C25H31F3N8O4S2/c1-16(31-21-18-4-3-5-19(25(26,27)28)20(18)29-15-30-21)14-34-6-8-36(9-7-34)42(38,39)22-17(2)32-23(41-22)33-24(37)35-10-12-40-13-11-35/h3-5,15-16H,6-14H2,1-2H3,(H,29,30,31)(H,32,33,37)/t16-/m0/s1. The number of aryl methyl sites for hydroxylation is 1. The third-order valence-electron chi connectivity index (χ3n) is 7.06. The highest BCUT2D eigenvalue weighted by Crippen LogP contribution is 2.35. The number of thiazole rings is 1. The molecule has 0 aliphatic carbocycles. The van der Waals surface area contributed by atoms with Crippen LogP contribution in [-0.2, 0) is 20.9 Å². The molecule has 1 atom stereocenters. The largest absolute Gasteiger partial charge is 0.418 e. The molecule has 0 unspecified atom stereocenters. The number of anilines is 2. The van der Waals surface area contributed by atoms with Crippen molar-refractivity contribution in [3.63, 3.8) is 0 Å². The molecule has 228 valence electrons. The Morgan fingerprint density at radius 1 is 1.12 bits per heavy atom. The van der Waals surface area contributed by atoms with E-state index in [4.69, 9.17) is 4.74 Å². The molecule has 0 radical (unpaired) electrons. The van der Waals surface area contributed by atoms with Crippen LogP contribution in [0.1, 0.15) is 18.2 Å². The number of aromatic nitrogens is 3. The minimum absolute atomic E-state index is 0.0946.